The maximum absolute atomic E-state index is 5.08. The number of halogens is 1. The monoisotopic (exact) mass is 264 g/mol. The molecule has 1 aromatic heterocycles. The third kappa shape index (κ3) is 2.07. The maximum atomic E-state index is 5.08. The van der Waals surface area contributed by atoms with Crippen LogP contribution >= 0.6 is 15.9 Å². The average molecular weight is 265 g/mol. The quantitative estimate of drug-likeness (QED) is 0.512. The topological polar surface area (TPSA) is 56.2 Å². The number of nitrogens with two attached hydrogens (primary N) is 1. The summed E-state index contributed by atoms with van der Waals surface area (Å²) in [5.41, 5.74) is 1.93. The molecule has 1 aromatic carbocycles. The highest BCUT2D eigenvalue weighted by Gasteiger charge is 2.02. The molecule has 0 atom stereocenters. The van der Waals surface area contributed by atoms with Gasteiger partial charge in [-0.3, -0.25) is 0 Å². The molecule has 0 spiro atoms. The van der Waals surface area contributed by atoms with Crippen molar-refractivity contribution in [3.8, 4) is 5.69 Å². The van der Waals surface area contributed by atoms with E-state index in [1.165, 1.54) is 0 Å². The highest BCUT2D eigenvalue weighted by molar-refractivity contribution is 9.10. The van der Waals surface area contributed by atoms with Crippen LogP contribution in [0.15, 0.2) is 46.2 Å². The van der Waals surface area contributed by atoms with Crippen molar-refractivity contribution >= 4 is 22.1 Å². The number of rotatable bonds is 2. The molecule has 2 N–H and O–H groups in total. The van der Waals surface area contributed by atoms with Crippen LogP contribution in [0.5, 0.6) is 0 Å². The summed E-state index contributed by atoms with van der Waals surface area (Å²) in [6.07, 6.45) is 5.22. The van der Waals surface area contributed by atoms with Crippen LogP contribution in [0.1, 0.15) is 5.56 Å². The number of hydrogen-bond donors (Lipinski definition) is 1. The zero-order valence-corrected chi connectivity index (χ0v) is 9.42. The number of nitrogens with zero attached hydrogens (tertiary/aromatic N) is 3. The van der Waals surface area contributed by atoms with Crippen molar-refractivity contribution in [2.75, 3.05) is 0 Å². The molecular weight excluding hydrogens is 256 g/mol. The number of benzene rings is 1. The van der Waals surface area contributed by atoms with Gasteiger partial charge in [-0.1, -0.05) is 6.07 Å². The molecule has 76 valence electrons. The van der Waals surface area contributed by atoms with E-state index in [2.05, 4.69) is 26.1 Å². The van der Waals surface area contributed by atoms with Crippen LogP contribution in [-0.4, -0.2) is 16.0 Å². The van der Waals surface area contributed by atoms with Crippen molar-refractivity contribution < 1.29 is 0 Å². The predicted molar refractivity (Wildman–Crippen MR) is 63.0 cm³/mol. The standard InChI is InChI=1S/C10H9BrN4/c11-9-6-8(7-13-12)2-3-10(9)15-5-1-4-14-15/h1-7H,12H2. The second-order valence-corrected chi connectivity index (χ2v) is 3.79. The lowest BCUT2D eigenvalue weighted by molar-refractivity contribution is 0.876. The Hall–Kier alpha value is -1.62. The maximum Gasteiger partial charge on any atom is 0.0787 e. The lowest BCUT2D eigenvalue weighted by atomic mass is 10.2. The summed E-state index contributed by atoms with van der Waals surface area (Å²) in [5, 5.41) is 7.62. The molecule has 0 unspecified atom stereocenters. The highest BCUT2D eigenvalue weighted by atomic mass is 79.9. The highest BCUT2D eigenvalue weighted by Crippen LogP contribution is 2.21. The molecule has 2 rings (SSSR count). The second kappa shape index (κ2) is 4.27. The van der Waals surface area contributed by atoms with Crippen molar-refractivity contribution in [1.29, 1.82) is 0 Å². The van der Waals surface area contributed by atoms with Crippen molar-refractivity contribution in [1.82, 2.24) is 9.78 Å². The van der Waals surface area contributed by atoms with Crippen molar-refractivity contribution in [3.63, 3.8) is 0 Å². The molecule has 0 aliphatic rings. The molecule has 4 nitrogen and oxygen atoms in total. The number of hydrazone groups is 1. The zero-order valence-electron chi connectivity index (χ0n) is 7.84. The van der Waals surface area contributed by atoms with Gasteiger partial charge in [-0.05, 0) is 39.7 Å². The van der Waals surface area contributed by atoms with E-state index in [-0.39, 0.29) is 0 Å². The molecule has 0 radical (unpaired) electrons. The predicted octanol–water partition coefficient (Wildman–Crippen LogP) is 1.93. The molecule has 0 bridgehead atoms. The van der Waals surface area contributed by atoms with Crippen molar-refractivity contribution in [2.24, 2.45) is 10.9 Å². The molecule has 15 heavy (non-hydrogen) atoms. The first kappa shape index (κ1) is 9.92. The van der Waals surface area contributed by atoms with Gasteiger partial charge in [0.15, 0.2) is 0 Å². The molecule has 0 saturated heterocycles. The third-order valence-corrected chi connectivity index (χ3v) is 2.58. The zero-order chi connectivity index (χ0) is 10.7. The summed E-state index contributed by atoms with van der Waals surface area (Å²) in [6, 6.07) is 7.70. The van der Waals surface area contributed by atoms with Crippen molar-refractivity contribution in [2.45, 2.75) is 0 Å². The Labute approximate surface area is 95.5 Å². The van der Waals surface area contributed by atoms with Crippen LogP contribution in [0.4, 0.5) is 0 Å². The minimum absolute atomic E-state index is 0.945. The van der Waals surface area contributed by atoms with Gasteiger partial charge < -0.3 is 5.84 Å². The van der Waals surface area contributed by atoms with Gasteiger partial charge in [0.2, 0.25) is 0 Å². The van der Waals surface area contributed by atoms with E-state index in [0.29, 0.717) is 0 Å². The Kier molecular flexibility index (Phi) is 2.82. The molecule has 5 heteroatoms. The number of hydrogen-bond acceptors (Lipinski definition) is 3. The fourth-order valence-electron chi connectivity index (χ4n) is 1.29. The van der Waals surface area contributed by atoms with E-state index in [4.69, 9.17) is 5.84 Å². The fourth-order valence-corrected chi connectivity index (χ4v) is 1.86. The molecular formula is C10H9BrN4. The van der Waals surface area contributed by atoms with Crippen LogP contribution in [0.3, 0.4) is 0 Å². The first-order chi connectivity index (χ1) is 7.31. The summed E-state index contributed by atoms with van der Waals surface area (Å²) in [7, 11) is 0. The Morgan fingerprint density at radius 3 is 2.93 bits per heavy atom. The van der Waals surface area contributed by atoms with Gasteiger partial charge in [-0.2, -0.15) is 10.2 Å². The van der Waals surface area contributed by atoms with Gasteiger partial charge in [-0.25, -0.2) is 4.68 Å². The van der Waals surface area contributed by atoms with E-state index < -0.39 is 0 Å². The molecule has 2 aromatic rings. The summed E-state index contributed by atoms with van der Waals surface area (Å²) < 4.78 is 2.73. The minimum atomic E-state index is 0.945. The Bertz CT molecular complexity index is 476. The third-order valence-electron chi connectivity index (χ3n) is 1.95. The van der Waals surface area contributed by atoms with Crippen LogP contribution in [-0.2, 0) is 0 Å². The van der Waals surface area contributed by atoms with Gasteiger partial charge in [0, 0.05) is 16.9 Å². The Morgan fingerprint density at radius 1 is 1.47 bits per heavy atom. The smallest absolute Gasteiger partial charge is 0.0787 e. The molecule has 0 saturated carbocycles. The van der Waals surface area contributed by atoms with Crippen LogP contribution in [0, 0.1) is 0 Å². The van der Waals surface area contributed by atoms with Crippen LogP contribution < -0.4 is 5.84 Å². The van der Waals surface area contributed by atoms with Gasteiger partial charge in [0.05, 0.1) is 11.9 Å². The van der Waals surface area contributed by atoms with E-state index >= 15 is 0 Å². The SMILES string of the molecule is NN=Cc1ccc(-n2cccn2)c(Br)c1. The summed E-state index contributed by atoms with van der Waals surface area (Å²) in [4.78, 5) is 0. The van der Waals surface area contributed by atoms with Gasteiger partial charge in [-0.15, -0.1) is 0 Å². The first-order valence-electron chi connectivity index (χ1n) is 4.34. The van der Waals surface area contributed by atoms with Gasteiger partial charge in [0.1, 0.15) is 0 Å². The van der Waals surface area contributed by atoms with Crippen LogP contribution in [0.2, 0.25) is 0 Å². The Balaban J connectivity index is 2.43. The summed E-state index contributed by atoms with van der Waals surface area (Å²) in [6.45, 7) is 0. The second-order valence-electron chi connectivity index (χ2n) is 2.94. The number of aromatic nitrogens is 2. The Morgan fingerprint density at radius 2 is 2.33 bits per heavy atom. The van der Waals surface area contributed by atoms with Crippen molar-refractivity contribution in [3.05, 3.63) is 46.7 Å². The minimum Gasteiger partial charge on any atom is -0.323 e. The molecule has 0 aliphatic carbocycles. The molecule has 1 heterocycles. The average Bonchev–Trinajstić information content (AvgIpc) is 2.71. The lowest BCUT2D eigenvalue weighted by Crippen LogP contribution is -1.96. The van der Waals surface area contributed by atoms with E-state index in [1.54, 1.807) is 17.1 Å². The normalized spacial score (nSPS) is 11.0. The largest absolute Gasteiger partial charge is 0.323 e. The molecule has 0 aliphatic heterocycles. The molecule has 0 amide bonds. The summed E-state index contributed by atoms with van der Waals surface area (Å²) in [5.74, 6) is 5.08. The van der Waals surface area contributed by atoms with Gasteiger partial charge >= 0.3 is 0 Å². The molecule has 0 fully saturated rings. The lowest BCUT2D eigenvalue weighted by Gasteiger charge is -2.04. The van der Waals surface area contributed by atoms with E-state index in [9.17, 15) is 0 Å². The van der Waals surface area contributed by atoms with Crippen LogP contribution in [0.25, 0.3) is 5.69 Å². The van der Waals surface area contributed by atoms with Gasteiger partial charge in [0.25, 0.3) is 0 Å². The fraction of sp³-hybridized carbons (Fsp3) is 0. The first-order valence-corrected chi connectivity index (χ1v) is 5.13. The van der Waals surface area contributed by atoms with E-state index in [0.717, 1.165) is 15.7 Å². The summed E-state index contributed by atoms with van der Waals surface area (Å²) >= 11 is 3.48. The van der Waals surface area contributed by atoms with E-state index in [1.807, 2.05) is 30.5 Å².